The molecular formula is C15H15N3O2. The van der Waals surface area contributed by atoms with E-state index in [-0.39, 0.29) is 5.91 Å². The third-order valence-corrected chi connectivity index (χ3v) is 3.10. The lowest BCUT2D eigenvalue weighted by Gasteiger charge is -2.01. The molecule has 0 aliphatic carbocycles. The maximum Gasteiger partial charge on any atom is 0.254 e. The molecule has 102 valence electrons. The van der Waals surface area contributed by atoms with Crippen LogP contribution in [0.1, 0.15) is 22.6 Å². The van der Waals surface area contributed by atoms with E-state index in [1.54, 1.807) is 6.07 Å². The maximum atomic E-state index is 11.7. The lowest BCUT2D eigenvalue weighted by atomic mass is 10.2. The fourth-order valence-corrected chi connectivity index (χ4v) is 2.08. The van der Waals surface area contributed by atoms with E-state index in [0.717, 1.165) is 29.7 Å². The summed E-state index contributed by atoms with van der Waals surface area (Å²) < 4.78 is 4.87. The number of nitrogens with one attached hydrogen (secondary N) is 2. The number of aromatic nitrogens is 2. The smallest absolute Gasteiger partial charge is 0.254 e. The van der Waals surface area contributed by atoms with Gasteiger partial charge in [-0.3, -0.25) is 4.79 Å². The number of amides is 1. The predicted octanol–water partition coefficient (Wildman–Crippen LogP) is 2.52. The highest BCUT2D eigenvalue weighted by Gasteiger charge is 2.06. The minimum Gasteiger partial charge on any atom is -0.472 e. The number of aryl methyl sites for hydroxylation is 1. The van der Waals surface area contributed by atoms with Crippen LogP contribution in [0.15, 0.2) is 47.3 Å². The first-order chi connectivity index (χ1) is 9.83. The lowest BCUT2D eigenvalue weighted by molar-refractivity contribution is 0.0952. The van der Waals surface area contributed by atoms with Gasteiger partial charge in [-0.1, -0.05) is 12.1 Å². The molecule has 1 aromatic carbocycles. The number of aromatic amines is 1. The van der Waals surface area contributed by atoms with E-state index < -0.39 is 0 Å². The van der Waals surface area contributed by atoms with E-state index in [1.807, 2.05) is 24.3 Å². The van der Waals surface area contributed by atoms with Crippen molar-refractivity contribution in [3.8, 4) is 0 Å². The molecule has 5 heteroatoms. The zero-order valence-electron chi connectivity index (χ0n) is 10.9. The third-order valence-electron chi connectivity index (χ3n) is 3.10. The summed E-state index contributed by atoms with van der Waals surface area (Å²) in [6, 6.07) is 9.59. The lowest BCUT2D eigenvalue weighted by Crippen LogP contribution is -2.24. The van der Waals surface area contributed by atoms with E-state index in [2.05, 4.69) is 15.3 Å². The summed E-state index contributed by atoms with van der Waals surface area (Å²) in [5.41, 5.74) is 2.57. The number of fused-ring (bicyclic) bond motifs is 1. The molecule has 2 aromatic heterocycles. The molecule has 0 aliphatic heterocycles. The van der Waals surface area contributed by atoms with E-state index in [4.69, 9.17) is 4.42 Å². The molecule has 0 bridgehead atoms. The van der Waals surface area contributed by atoms with Crippen LogP contribution in [0.25, 0.3) is 11.0 Å². The molecule has 1 amide bonds. The number of imidazole rings is 1. The fourth-order valence-electron chi connectivity index (χ4n) is 2.08. The van der Waals surface area contributed by atoms with Crippen LogP contribution >= 0.6 is 0 Å². The summed E-state index contributed by atoms with van der Waals surface area (Å²) in [6.07, 6.45) is 4.57. The Morgan fingerprint density at radius 3 is 3.00 bits per heavy atom. The van der Waals surface area contributed by atoms with Crippen molar-refractivity contribution in [1.82, 2.24) is 15.3 Å². The number of H-pyrrole nitrogens is 1. The second kappa shape index (κ2) is 5.61. The number of hydrogen-bond donors (Lipinski definition) is 2. The molecule has 3 aromatic rings. The quantitative estimate of drug-likeness (QED) is 0.699. The first-order valence-electron chi connectivity index (χ1n) is 6.57. The van der Waals surface area contributed by atoms with Crippen LogP contribution in [-0.2, 0) is 6.42 Å². The van der Waals surface area contributed by atoms with Crippen molar-refractivity contribution in [2.75, 3.05) is 6.54 Å². The number of nitrogens with zero attached hydrogens (tertiary/aromatic N) is 1. The molecule has 2 heterocycles. The van der Waals surface area contributed by atoms with Gasteiger partial charge < -0.3 is 14.7 Å². The summed E-state index contributed by atoms with van der Waals surface area (Å²) in [4.78, 5) is 19.4. The standard InChI is InChI=1S/C15H15N3O2/c19-15(11-7-9-20-10-11)16-8-3-6-14-17-12-4-1-2-5-13(12)18-14/h1-2,4-5,7,9-10H,3,6,8H2,(H,16,19)(H,17,18). The molecule has 0 aliphatic rings. The monoisotopic (exact) mass is 269 g/mol. The number of benzene rings is 1. The van der Waals surface area contributed by atoms with E-state index in [0.29, 0.717) is 12.1 Å². The summed E-state index contributed by atoms with van der Waals surface area (Å²) >= 11 is 0. The van der Waals surface area contributed by atoms with Crippen molar-refractivity contribution < 1.29 is 9.21 Å². The first kappa shape index (κ1) is 12.5. The summed E-state index contributed by atoms with van der Waals surface area (Å²) in [5, 5.41) is 2.85. The summed E-state index contributed by atoms with van der Waals surface area (Å²) in [6.45, 7) is 0.612. The highest BCUT2D eigenvalue weighted by atomic mass is 16.3. The van der Waals surface area contributed by atoms with E-state index in [9.17, 15) is 4.79 Å². The Hall–Kier alpha value is -2.56. The van der Waals surface area contributed by atoms with Crippen LogP contribution in [0.3, 0.4) is 0 Å². The van der Waals surface area contributed by atoms with Gasteiger partial charge in [-0.05, 0) is 24.6 Å². The summed E-state index contributed by atoms with van der Waals surface area (Å²) in [5.74, 6) is 0.840. The summed E-state index contributed by atoms with van der Waals surface area (Å²) in [7, 11) is 0. The Morgan fingerprint density at radius 1 is 1.30 bits per heavy atom. The van der Waals surface area contributed by atoms with Crippen molar-refractivity contribution in [2.45, 2.75) is 12.8 Å². The molecular weight excluding hydrogens is 254 g/mol. The van der Waals surface area contributed by atoms with E-state index in [1.165, 1.54) is 12.5 Å². The minimum absolute atomic E-state index is 0.108. The zero-order chi connectivity index (χ0) is 13.8. The molecule has 2 N–H and O–H groups in total. The van der Waals surface area contributed by atoms with Gasteiger partial charge in [-0.15, -0.1) is 0 Å². The molecule has 0 saturated carbocycles. The first-order valence-corrected chi connectivity index (χ1v) is 6.57. The van der Waals surface area contributed by atoms with Crippen LogP contribution < -0.4 is 5.32 Å². The Bertz CT molecular complexity index is 668. The Morgan fingerprint density at radius 2 is 2.20 bits per heavy atom. The van der Waals surface area contributed by atoms with Gasteiger partial charge in [0.25, 0.3) is 5.91 Å². The van der Waals surface area contributed by atoms with Gasteiger partial charge in [0.1, 0.15) is 12.1 Å². The maximum absolute atomic E-state index is 11.7. The van der Waals surface area contributed by atoms with Crippen LogP contribution in [0.2, 0.25) is 0 Å². The van der Waals surface area contributed by atoms with Gasteiger partial charge in [0, 0.05) is 13.0 Å². The second-order valence-corrected chi connectivity index (χ2v) is 4.57. The molecule has 0 unspecified atom stereocenters. The van der Waals surface area contributed by atoms with Crippen molar-refractivity contribution in [2.24, 2.45) is 0 Å². The molecule has 20 heavy (non-hydrogen) atoms. The van der Waals surface area contributed by atoms with Gasteiger partial charge >= 0.3 is 0 Å². The normalized spacial score (nSPS) is 10.8. The third kappa shape index (κ3) is 2.71. The van der Waals surface area contributed by atoms with E-state index >= 15 is 0 Å². The van der Waals surface area contributed by atoms with Crippen LogP contribution in [0, 0.1) is 0 Å². The predicted molar refractivity (Wildman–Crippen MR) is 75.5 cm³/mol. The SMILES string of the molecule is O=C(NCCCc1nc2ccccc2[nH]1)c1ccoc1. The van der Waals surface area contributed by atoms with Crippen LogP contribution in [0.5, 0.6) is 0 Å². The molecule has 0 fully saturated rings. The molecule has 0 atom stereocenters. The average molecular weight is 269 g/mol. The Kier molecular flexibility index (Phi) is 3.50. The van der Waals surface area contributed by atoms with Crippen molar-refractivity contribution in [1.29, 1.82) is 0 Å². The van der Waals surface area contributed by atoms with Crippen molar-refractivity contribution in [3.05, 3.63) is 54.2 Å². The molecule has 5 nitrogen and oxygen atoms in total. The number of carbonyl (C=O) groups is 1. The number of rotatable bonds is 5. The molecule has 0 radical (unpaired) electrons. The highest BCUT2D eigenvalue weighted by Crippen LogP contribution is 2.11. The largest absolute Gasteiger partial charge is 0.472 e. The number of para-hydroxylation sites is 2. The highest BCUT2D eigenvalue weighted by molar-refractivity contribution is 5.93. The number of carbonyl (C=O) groups excluding carboxylic acids is 1. The average Bonchev–Trinajstić information content (AvgIpc) is 3.11. The fraction of sp³-hybridized carbons (Fsp3) is 0.200. The number of hydrogen-bond acceptors (Lipinski definition) is 3. The minimum atomic E-state index is -0.108. The van der Waals surface area contributed by atoms with Gasteiger partial charge in [-0.25, -0.2) is 4.98 Å². The Labute approximate surface area is 116 Å². The van der Waals surface area contributed by atoms with Crippen molar-refractivity contribution >= 4 is 16.9 Å². The molecule has 0 spiro atoms. The number of furan rings is 1. The zero-order valence-corrected chi connectivity index (χ0v) is 10.9. The molecule has 0 saturated heterocycles. The van der Waals surface area contributed by atoms with Gasteiger partial charge in [0.05, 0.1) is 22.9 Å². The van der Waals surface area contributed by atoms with Crippen LogP contribution in [-0.4, -0.2) is 22.4 Å². The Balaban J connectivity index is 1.49. The second-order valence-electron chi connectivity index (χ2n) is 4.57. The van der Waals surface area contributed by atoms with Crippen molar-refractivity contribution in [3.63, 3.8) is 0 Å². The van der Waals surface area contributed by atoms with Crippen LogP contribution in [0.4, 0.5) is 0 Å². The van der Waals surface area contributed by atoms with Gasteiger partial charge in [0.15, 0.2) is 0 Å². The topological polar surface area (TPSA) is 70.9 Å². The molecule has 3 rings (SSSR count). The van der Waals surface area contributed by atoms with Gasteiger partial charge in [0.2, 0.25) is 0 Å². The van der Waals surface area contributed by atoms with Gasteiger partial charge in [-0.2, -0.15) is 0 Å².